The number of likely N-dealkylation sites (N-methyl/N-ethyl adjacent to an activating group) is 1. The lowest BCUT2D eigenvalue weighted by atomic mass is 9.81. The zero-order chi connectivity index (χ0) is 19.1. The number of halogens is 1. The highest BCUT2D eigenvalue weighted by atomic mass is 19.1. The Kier molecular flexibility index (Phi) is 4.52. The Morgan fingerprint density at radius 1 is 1.31 bits per heavy atom. The first kappa shape index (κ1) is 18.0. The molecule has 2 heterocycles. The highest BCUT2D eigenvalue weighted by Gasteiger charge is 2.36. The third-order valence-electron chi connectivity index (χ3n) is 4.89. The van der Waals surface area contributed by atoms with Crippen LogP contribution in [-0.2, 0) is 4.79 Å². The molecule has 1 aromatic carbocycles. The number of benzene rings is 1. The number of hydrogen-bond acceptors (Lipinski definition) is 3. The molecule has 2 amide bonds. The summed E-state index contributed by atoms with van der Waals surface area (Å²) in [7, 11) is 1.56. The zero-order valence-electron chi connectivity index (χ0n) is 15.4. The number of amides is 2. The van der Waals surface area contributed by atoms with Gasteiger partial charge in [0.1, 0.15) is 5.82 Å². The van der Waals surface area contributed by atoms with Crippen LogP contribution in [-0.4, -0.2) is 43.1 Å². The van der Waals surface area contributed by atoms with Crippen molar-refractivity contribution in [2.75, 3.05) is 20.1 Å². The number of rotatable bonds is 2. The van der Waals surface area contributed by atoms with E-state index in [1.807, 2.05) is 13.8 Å². The molecule has 0 unspecified atom stereocenters. The summed E-state index contributed by atoms with van der Waals surface area (Å²) in [6.45, 7) is 6.62. The Hall–Kier alpha value is -2.76. The van der Waals surface area contributed by atoms with Gasteiger partial charge in [0.05, 0.1) is 12.1 Å². The summed E-state index contributed by atoms with van der Waals surface area (Å²) in [6.07, 6.45) is 3.29. The molecule has 136 valence electrons. The van der Waals surface area contributed by atoms with E-state index >= 15 is 0 Å². The van der Waals surface area contributed by atoms with Crippen LogP contribution in [0, 0.1) is 18.2 Å². The quantitative estimate of drug-likeness (QED) is 0.886. The number of aryl methyl sites for hydroxylation is 1. The maximum atomic E-state index is 13.6. The van der Waals surface area contributed by atoms with Gasteiger partial charge in [-0.1, -0.05) is 13.8 Å². The van der Waals surface area contributed by atoms with Crippen LogP contribution in [0.15, 0.2) is 46.1 Å². The van der Waals surface area contributed by atoms with E-state index in [0.717, 1.165) is 11.1 Å². The van der Waals surface area contributed by atoms with Gasteiger partial charge in [0.2, 0.25) is 0 Å². The topological polar surface area (TPSA) is 61.8 Å². The second-order valence-electron chi connectivity index (χ2n) is 7.26. The fourth-order valence-corrected chi connectivity index (χ4v) is 3.38. The van der Waals surface area contributed by atoms with E-state index in [9.17, 15) is 14.0 Å². The molecule has 26 heavy (non-hydrogen) atoms. The van der Waals surface area contributed by atoms with E-state index < -0.39 is 0 Å². The molecule has 2 aliphatic heterocycles. The molecule has 0 aliphatic carbocycles. The van der Waals surface area contributed by atoms with Gasteiger partial charge in [0.25, 0.3) is 11.8 Å². The van der Waals surface area contributed by atoms with Crippen molar-refractivity contribution in [3.8, 4) is 0 Å². The molecule has 6 heteroatoms. The van der Waals surface area contributed by atoms with E-state index in [-0.39, 0.29) is 23.0 Å². The summed E-state index contributed by atoms with van der Waals surface area (Å²) in [6, 6.07) is 4.30. The van der Waals surface area contributed by atoms with Crippen LogP contribution in [0.3, 0.4) is 0 Å². The third kappa shape index (κ3) is 3.07. The average molecular weight is 355 g/mol. The van der Waals surface area contributed by atoms with Crippen molar-refractivity contribution in [3.63, 3.8) is 0 Å². The van der Waals surface area contributed by atoms with Crippen molar-refractivity contribution in [1.82, 2.24) is 10.2 Å². The molecule has 2 aliphatic rings. The molecule has 1 aromatic rings. The van der Waals surface area contributed by atoms with Gasteiger partial charge in [0, 0.05) is 42.6 Å². The zero-order valence-corrected chi connectivity index (χ0v) is 15.4. The number of carbonyl (C=O) groups excluding carboxylic acids is 2. The lowest BCUT2D eigenvalue weighted by molar-refractivity contribution is -0.116. The van der Waals surface area contributed by atoms with E-state index in [1.54, 1.807) is 31.3 Å². The average Bonchev–Trinajstić information content (AvgIpc) is 3.06. The van der Waals surface area contributed by atoms with Crippen molar-refractivity contribution in [3.05, 3.63) is 58.1 Å². The first-order valence-electron chi connectivity index (χ1n) is 8.49. The minimum Gasteiger partial charge on any atom is -0.355 e. The van der Waals surface area contributed by atoms with E-state index in [1.165, 1.54) is 18.2 Å². The van der Waals surface area contributed by atoms with Crippen LogP contribution in [0.25, 0.3) is 0 Å². The van der Waals surface area contributed by atoms with Gasteiger partial charge < -0.3 is 10.2 Å². The van der Waals surface area contributed by atoms with Crippen molar-refractivity contribution >= 4 is 18.0 Å². The molecule has 3 rings (SSSR count). The summed E-state index contributed by atoms with van der Waals surface area (Å²) >= 11 is 0. The van der Waals surface area contributed by atoms with Gasteiger partial charge in [0.15, 0.2) is 0 Å². The van der Waals surface area contributed by atoms with Gasteiger partial charge in [-0.3, -0.25) is 14.6 Å². The molecular formula is C20H22FN3O2. The minimum atomic E-state index is -0.351. The monoisotopic (exact) mass is 355 g/mol. The fourth-order valence-electron chi connectivity index (χ4n) is 3.38. The normalized spacial score (nSPS) is 18.3. The van der Waals surface area contributed by atoms with Crippen LogP contribution in [0.1, 0.15) is 29.8 Å². The Morgan fingerprint density at radius 3 is 2.69 bits per heavy atom. The summed E-state index contributed by atoms with van der Waals surface area (Å²) in [5, 5.41) is 2.63. The number of aliphatic imine (C=N–C) groups is 1. The van der Waals surface area contributed by atoms with Gasteiger partial charge in [-0.15, -0.1) is 0 Å². The molecule has 1 N–H and O–H groups in total. The lowest BCUT2D eigenvalue weighted by Crippen LogP contribution is -2.36. The molecule has 0 atom stereocenters. The molecule has 0 saturated carbocycles. The highest BCUT2D eigenvalue weighted by molar-refractivity contribution is 6.08. The van der Waals surface area contributed by atoms with Gasteiger partial charge in [-0.25, -0.2) is 4.39 Å². The van der Waals surface area contributed by atoms with Crippen LogP contribution >= 0.6 is 0 Å². The van der Waals surface area contributed by atoms with Crippen LogP contribution in [0.2, 0.25) is 0 Å². The summed E-state index contributed by atoms with van der Waals surface area (Å²) < 4.78 is 13.6. The molecule has 0 aromatic heterocycles. The van der Waals surface area contributed by atoms with Crippen LogP contribution in [0.5, 0.6) is 0 Å². The standard InChI is InChI=1S/C20H22FN3O2/c1-12-7-13(5-6-17(12)21)19(26)24-10-15(18(25)22-4)14-8-23-9-16(14)20(2,3)11-24/h5-8,10H,9,11H2,1-4H3,(H,22,25). The van der Waals surface area contributed by atoms with Crippen molar-refractivity contribution in [2.45, 2.75) is 20.8 Å². The molecule has 0 spiro atoms. The van der Waals surface area contributed by atoms with Crippen LogP contribution in [0.4, 0.5) is 4.39 Å². The van der Waals surface area contributed by atoms with Gasteiger partial charge in [-0.2, -0.15) is 0 Å². The molecule has 0 bridgehead atoms. The molecule has 0 saturated heterocycles. The molecule has 0 radical (unpaired) electrons. The predicted molar refractivity (Wildman–Crippen MR) is 98.5 cm³/mol. The molecule has 5 nitrogen and oxygen atoms in total. The summed E-state index contributed by atoms with van der Waals surface area (Å²) in [5.41, 5.74) is 2.69. The lowest BCUT2D eigenvalue weighted by Gasteiger charge is -2.30. The van der Waals surface area contributed by atoms with Gasteiger partial charge in [-0.05, 0) is 36.3 Å². The Balaban J connectivity index is 2.07. The van der Waals surface area contributed by atoms with Crippen molar-refractivity contribution in [1.29, 1.82) is 0 Å². The predicted octanol–water partition coefficient (Wildman–Crippen LogP) is 2.63. The number of carbonyl (C=O) groups is 2. The second kappa shape index (κ2) is 6.52. The van der Waals surface area contributed by atoms with Crippen molar-refractivity contribution in [2.24, 2.45) is 10.4 Å². The van der Waals surface area contributed by atoms with Crippen LogP contribution < -0.4 is 5.32 Å². The molecule has 0 fully saturated rings. The van der Waals surface area contributed by atoms with E-state index in [2.05, 4.69) is 10.3 Å². The molecular weight excluding hydrogens is 333 g/mol. The largest absolute Gasteiger partial charge is 0.355 e. The van der Waals surface area contributed by atoms with E-state index in [4.69, 9.17) is 0 Å². The Labute approximate surface area is 152 Å². The van der Waals surface area contributed by atoms with Gasteiger partial charge >= 0.3 is 0 Å². The first-order chi connectivity index (χ1) is 12.2. The third-order valence-corrected chi connectivity index (χ3v) is 4.89. The number of nitrogens with zero attached hydrogens (tertiary/aromatic N) is 2. The minimum absolute atomic E-state index is 0.263. The number of hydrogen-bond donors (Lipinski definition) is 1. The smallest absolute Gasteiger partial charge is 0.257 e. The highest BCUT2D eigenvalue weighted by Crippen LogP contribution is 2.38. The Morgan fingerprint density at radius 2 is 2.04 bits per heavy atom. The maximum absolute atomic E-state index is 13.6. The fraction of sp³-hybridized carbons (Fsp3) is 0.350. The maximum Gasteiger partial charge on any atom is 0.257 e. The summed E-state index contributed by atoms with van der Waals surface area (Å²) in [5.74, 6) is -0.881. The summed E-state index contributed by atoms with van der Waals surface area (Å²) in [4.78, 5) is 31.3. The number of nitrogens with one attached hydrogen (secondary N) is 1. The second-order valence-corrected chi connectivity index (χ2v) is 7.26. The van der Waals surface area contributed by atoms with E-state index in [0.29, 0.717) is 29.8 Å². The van der Waals surface area contributed by atoms with Crippen molar-refractivity contribution < 1.29 is 14.0 Å². The Bertz CT molecular complexity index is 881. The SMILES string of the molecule is CNC(=O)C1=CN(C(=O)c2ccc(F)c(C)c2)CC(C)(C)C2=C1C=NC2. The first-order valence-corrected chi connectivity index (χ1v) is 8.49.